The molecule has 0 saturated heterocycles. The van der Waals surface area contributed by atoms with Crippen LogP contribution in [0.15, 0.2) is 0 Å². The monoisotopic (exact) mass is 1170 g/mol. The van der Waals surface area contributed by atoms with Crippen LogP contribution >= 0.6 is 70.6 Å². The molecule has 0 aliphatic heterocycles. The van der Waals surface area contributed by atoms with Gasteiger partial charge in [0.1, 0.15) is 0 Å². The van der Waals surface area contributed by atoms with Crippen molar-refractivity contribution in [2.45, 2.75) is 246 Å². The lowest BCUT2D eigenvalue weighted by molar-refractivity contribution is 0.169. The van der Waals surface area contributed by atoms with Gasteiger partial charge in [-0.15, -0.1) is 0 Å². The Bertz CT molecular complexity index is 1780. The van der Waals surface area contributed by atoms with Crippen LogP contribution in [0.2, 0.25) is 0 Å². The predicted molar refractivity (Wildman–Crippen MR) is 333 cm³/mol. The minimum absolute atomic E-state index is 0.0422. The molecule has 6 amide bonds. The van der Waals surface area contributed by atoms with E-state index in [-0.39, 0.29) is 66.2 Å². The van der Waals surface area contributed by atoms with Gasteiger partial charge >= 0.3 is 0 Å². The summed E-state index contributed by atoms with van der Waals surface area (Å²) in [4.78, 5) is 76.4. The standard InChI is InChI=1S/C58H104N6O6S6/c1-39(2)59-50(65)71-30-24-42-12-18-44(26-32-75-54(69)63-57(6,7)8)46(37-42)28-34-72-51(66)60-48-20-14-40(15-21-48)36-41-16-22-49(23-17-41)61-52(67)73-35-29-47-38-43(25-31-74-53(68)62-56(3,4)5)13-19-45(47)27-33-76-55(70)64-58(9,10)11/h39-49H,12-38H2,1-11H3,(H,59,65)(H,60,66)(H,61,67)(H,62,68)(H,63,69)(H,64,70). The van der Waals surface area contributed by atoms with E-state index in [9.17, 15) is 28.8 Å². The Morgan fingerprint density at radius 1 is 0.368 bits per heavy atom. The van der Waals surface area contributed by atoms with Crippen molar-refractivity contribution in [2.75, 3.05) is 34.5 Å². The summed E-state index contributed by atoms with van der Waals surface area (Å²) >= 11 is 8.49. The van der Waals surface area contributed by atoms with E-state index in [1.165, 1.54) is 109 Å². The Morgan fingerprint density at radius 2 is 0.658 bits per heavy atom. The molecule has 18 heteroatoms. The van der Waals surface area contributed by atoms with Crippen molar-refractivity contribution in [2.24, 2.45) is 47.3 Å². The summed E-state index contributed by atoms with van der Waals surface area (Å²) in [5.74, 6) is 9.62. The zero-order valence-electron chi connectivity index (χ0n) is 48.8. The van der Waals surface area contributed by atoms with E-state index in [4.69, 9.17) is 0 Å². The molecule has 6 atom stereocenters. The van der Waals surface area contributed by atoms with E-state index in [1.54, 1.807) is 0 Å². The fraction of sp³-hybridized carbons (Fsp3) is 0.897. The van der Waals surface area contributed by atoms with Crippen LogP contribution in [0.3, 0.4) is 0 Å². The maximum Gasteiger partial charge on any atom is 0.279 e. The van der Waals surface area contributed by atoms with E-state index >= 15 is 0 Å². The molecular weight excluding hydrogens is 1070 g/mol. The molecule has 4 saturated carbocycles. The molecule has 4 aliphatic carbocycles. The van der Waals surface area contributed by atoms with Gasteiger partial charge in [-0.1, -0.05) is 83.4 Å². The third-order valence-electron chi connectivity index (χ3n) is 15.7. The Kier molecular flexibility index (Phi) is 30.5. The van der Waals surface area contributed by atoms with Crippen LogP contribution in [0, 0.1) is 47.3 Å². The average molecular weight is 1170 g/mol. The number of hydrogen-bond donors (Lipinski definition) is 6. The third-order valence-corrected chi connectivity index (χ3v) is 20.6. The summed E-state index contributed by atoms with van der Waals surface area (Å²) in [6.45, 7) is 22.1. The van der Waals surface area contributed by atoms with Gasteiger partial charge in [0, 0.05) is 69.3 Å². The first-order chi connectivity index (χ1) is 35.8. The number of rotatable bonds is 23. The van der Waals surface area contributed by atoms with Gasteiger partial charge < -0.3 is 31.9 Å². The van der Waals surface area contributed by atoms with Crippen molar-refractivity contribution in [3.63, 3.8) is 0 Å². The summed E-state index contributed by atoms with van der Waals surface area (Å²) in [6, 6.07) is 0.648. The van der Waals surface area contributed by atoms with Gasteiger partial charge in [0.05, 0.1) is 0 Å². The van der Waals surface area contributed by atoms with Gasteiger partial charge in [-0.25, -0.2) is 0 Å². The maximum atomic E-state index is 13.3. The SMILES string of the molecule is CC(C)NC(=O)SCCC1CCC(CCSC(=O)NC(C)(C)C)C(CCSC(=O)NC2CCC(CC3CCC(NC(=O)SCCC4CC(CCSC(=O)NC(C)(C)C)CCC4CCSC(=O)NC(C)(C)C)CC3)CC2)C1. The molecule has 0 aromatic carbocycles. The molecule has 0 spiro atoms. The second-order valence-corrected chi connectivity index (χ2v) is 32.7. The van der Waals surface area contributed by atoms with Crippen molar-refractivity contribution >= 4 is 102 Å². The number of thioether (sulfide) groups is 6. The smallest absolute Gasteiger partial charge is 0.279 e. The molecule has 12 nitrogen and oxygen atoms in total. The summed E-state index contributed by atoms with van der Waals surface area (Å²) in [6.07, 6.45) is 23.1. The molecular formula is C58H104N6O6S6. The highest BCUT2D eigenvalue weighted by Crippen LogP contribution is 2.43. The first kappa shape index (κ1) is 67.4. The number of hydrogen-bond acceptors (Lipinski definition) is 12. The van der Waals surface area contributed by atoms with Gasteiger partial charge in [-0.05, 0) is 245 Å². The lowest BCUT2D eigenvalue weighted by atomic mass is 9.71. The largest absolute Gasteiger partial charge is 0.345 e. The van der Waals surface area contributed by atoms with E-state index in [1.807, 2.05) is 76.2 Å². The molecule has 76 heavy (non-hydrogen) atoms. The molecule has 0 aromatic rings. The van der Waals surface area contributed by atoms with Gasteiger partial charge in [-0.2, -0.15) is 0 Å². The fourth-order valence-electron chi connectivity index (χ4n) is 12.0. The van der Waals surface area contributed by atoms with Crippen LogP contribution in [0.4, 0.5) is 28.8 Å². The molecule has 0 aromatic heterocycles. The van der Waals surface area contributed by atoms with Crippen LogP contribution < -0.4 is 31.9 Å². The molecule has 0 radical (unpaired) electrons. The third kappa shape index (κ3) is 30.1. The zero-order valence-corrected chi connectivity index (χ0v) is 53.7. The molecule has 4 fully saturated rings. The minimum atomic E-state index is -0.242. The topological polar surface area (TPSA) is 175 Å². The lowest BCUT2D eigenvalue weighted by Crippen LogP contribution is -2.38. The average Bonchev–Trinajstić information content (AvgIpc) is 3.29. The van der Waals surface area contributed by atoms with Crippen LogP contribution in [-0.4, -0.2) is 101 Å². The van der Waals surface area contributed by atoms with Crippen molar-refractivity contribution in [1.29, 1.82) is 0 Å². The van der Waals surface area contributed by atoms with Crippen molar-refractivity contribution in [1.82, 2.24) is 31.9 Å². The highest BCUT2D eigenvalue weighted by molar-refractivity contribution is 8.14. The molecule has 4 rings (SSSR count). The number of carbonyl (C=O) groups excluding carboxylic acids is 6. The number of carbonyl (C=O) groups is 6. The van der Waals surface area contributed by atoms with Crippen LogP contribution in [0.25, 0.3) is 0 Å². The van der Waals surface area contributed by atoms with Gasteiger partial charge in [-0.3, -0.25) is 28.8 Å². The quantitative estimate of drug-likeness (QED) is 0.0572. The van der Waals surface area contributed by atoms with Crippen LogP contribution in [0.5, 0.6) is 0 Å². The second-order valence-electron chi connectivity index (χ2n) is 26.3. The summed E-state index contributed by atoms with van der Waals surface area (Å²) in [5, 5.41) is 19.4. The molecule has 6 N–H and O–H groups in total. The zero-order chi connectivity index (χ0) is 55.9. The van der Waals surface area contributed by atoms with Crippen LogP contribution in [-0.2, 0) is 0 Å². The predicted octanol–water partition coefficient (Wildman–Crippen LogP) is 16.4. The van der Waals surface area contributed by atoms with E-state index < -0.39 is 0 Å². The minimum Gasteiger partial charge on any atom is -0.345 e. The fourth-order valence-corrected chi connectivity index (χ4v) is 17.6. The molecule has 0 bridgehead atoms. The Morgan fingerprint density at radius 3 is 0.987 bits per heavy atom. The second kappa shape index (κ2) is 34.4. The number of nitrogens with one attached hydrogen (secondary N) is 6. The normalized spacial score (nSPS) is 26.5. The maximum absolute atomic E-state index is 13.3. The van der Waals surface area contributed by atoms with Crippen molar-refractivity contribution < 1.29 is 28.8 Å². The van der Waals surface area contributed by atoms with Crippen molar-refractivity contribution in [3.05, 3.63) is 0 Å². The Labute approximate surface area is 487 Å². The van der Waals surface area contributed by atoms with E-state index in [2.05, 4.69) is 31.9 Å². The van der Waals surface area contributed by atoms with Gasteiger partial charge in [0.2, 0.25) is 0 Å². The molecule has 0 heterocycles. The van der Waals surface area contributed by atoms with E-state index in [0.29, 0.717) is 47.3 Å². The van der Waals surface area contributed by atoms with Crippen molar-refractivity contribution in [3.8, 4) is 0 Å². The summed E-state index contributed by atoms with van der Waals surface area (Å²) in [7, 11) is 0. The Balaban J connectivity index is 1.12. The Hall–Kier alpha value is -1.08. The number of amides is 6. The molecule has 6 unspecified atom stereocenters. The highest BCUT2D eigenvalue weighted by atomic mass is 32.2. The van der Waals surface area contributed by atoms with Crippen LogP contribution in [0.1, 0.15) is 211 Å². The van der Waals surface area contributed by atoms with Gasteiger partial charge in [0.25, 0.3) is 31.4 Å². The molecule has 4 aliphatic rings. The van der Waals surface area contributed by atoms with Gasteiger partial charge in [0.15, 0.2) is 0 Å². The summed E-state index contributed by atoms with van der Waals surface area (Å²) in [5.41, 5.74) is -0.714. The first-order valence-corrected chi connectivity index (χ1v) is 35.3. The highest BCUT2D eigenvalue weighted by Gasteiger charge is 2.34. The summed E-state index contributed by atoms with van der Waals surface area (Å²) < 4.78 is 0. The lowest BCUT2D eigenvalue weighted by Gasteiger charge is -2.36. The first-order valence-electron chi connectivity index (χ1n) is 29.4. The van der Waals surface area contributed by atoms with E-state index in [0.717, 1.165) is 131 Å². The molecule has 438 valence electrons.